The Balaban J connectivity index is 2.71. The number of hydrogen-bond acceptors (Lipinski definition) is 4. The molecule has 1 rings (SSSR count). The molecule has 7 nitrogen and oxygen atoms in total. The molecule has 20 heavy (non-hydrogen) atoms. The van der Waals surface area contributed by atoms with Crippen molar-refractivity contribution in [2.45, 2.75) is 25.8 Å². The van der Waals surface area contributed by atoms with E-state index in [0.29, 0.717) is 5.69 Å². The fourth-order valence-electron chi connectivity index (χ4n) is 1.69. The molecule has 1 amide bonds. The lowest BCUT2D eigenvalue weighted by atomic mass is 10.1. The van der Waals surface area contributed by atoms with E-state index < -0.39 is 23.9 Å². The monoisotopic (exact) mass is 282 g/mol. The Kier molecular flexibility index (Phi) is 5.31. The number of esters is 1. The van der Waals surface area contributed by atoms with Crippen molar-refractivity contribution < 1.29 is 24.2 Å². The van der Waals surface area contributed by atoms with Crippen molar-refractivity contribution in [3.63, 3.8) is 0 Å². The maximum absolute atomic E-state index is 12.0. The van der Waals surface area contributed by atoms with Crippen LogP contribution in [0.25, 0.3) is 0 Å². The minimum absolute atomic E-state index is 0.0167. The maximum Gasteiger partial charge on any atom is 0.326 e. The number of methoxy groups -OCH3 is 1. The van der Waals surface area contributed by atoms with Crippen LogP contribution in [0.2, 0.25) is 0 Å². The third kappa shape index (κ3) is 3.84. The Morgan fingerprint density at radius 2 is 2.05 bits per heavy atom. The molecular formula is C13H18N2O5. The fraction of sp³-hybridized carbons (Fsp3) is 0.462. The van der Waals surface area contributed by atoms with E-state index in [2.05, 4.69) is 10.1 Å². The molecule has 1 heterocycles. The van der Waals surface area contributed by atoms with Crippen LogP contribution in [0.1, 0.15) is 29.0 Å². The molecule has 0 fully saturated rings. The van der Waals surface area contributed by atoms with E-state index >= 15 is 0 Å². The summed E-state index contributed by atoms with van der Waals surface area (Å²) in [5.74, 6) is -2.19. The molecule has 0 radical (unpaired) electrons. The van der Waals surface area contributed by atoms with Gasteiger partial charge in [-0.05, 0) is 25.5 Å². The van der Waals surface area contributed by atoms with Crippen molar-refractivity contribution in [1.82, 2.24) is 9.88 Å². The van der Waals surface area contributed by atoms with Gasteiger partial charge in [-0.15, -0.1) is 0 Å². The van der Waals surface area contributed by atoms with Crippen LogP contribution in [-0.4, -0.2) is 40.7 Å². The Morgan fingerprint density at radius 3 is 2.50 bits per heavy atom. The summed E-state index contributed by atoms with van der Waals surface area (Å²) < 4.78 is 6.10. The number of nitrogens with one attached hydrogen (secondary N) is 1. The standard InChI is InChI=1S/C13H18N2O5/c1-8-4-6-10(15(8)2)12(17)14-9(13(18)19)5-7-11(16)20-3/h4,6,9H,5,7H2,1-3H3,(H,14,17)(H,18,19). The molecule has 1 atom stereocenters. The predicted octanol–water partition coefficient (Wildman–Crippen LogP) is 0.470. The minimum atomic E-state index is -1.19. The van der Waals surface area contributed by atoms with Crippen LogP contribution in [0.5, 0.6) is 0 Å². The number of amides is 1. The quantitative estimate of drug-likeness (QED) is 0.739. The summed E-state index contributed by atoms with van der Waals surface area (Å²) in [6.45, 7) is 1.84. The highest BCUT2D eigenvalue weighted by molar-refractivity contribution is 5.95. The summed E-state index contributed by atoms with van der Waals surface area (Å²) in [6, 6.07) is 2.25. The molecule has 0 aliphatic carbocycles. The molecule has 0 spiro atoms. The Hall–Kier alpha value is -2.31. The number of hydrogen-bond donors (Lipinski definition) is 2. The molecule has 7 heteroatoms. The summed E-state index contributed by atoms with van der Waals surface area (Å²) in [6.07, 6.45) is -0.0862. The molecule has 0 aliphatic heterocycles. The van der Waals surface area contributed by atoms with Crippen LogP contribution in [-0.2, 0) is 21.4 Å². The lowest BCUT2D eigenvalue weighted by Crippen LogP contribution is -2.41. The highest BCUT2D eigenvalue weighted by Gasteiger charge is 2.23. The summed E-state index contributed by atoms with van der Waals surface area (Å²) in [5.41, 5.74) is 1.25. The Bertz CT molecular complexity index is 521. The van der Waals surface area contributed by atoms with Gasteiger partial charge in [0.05, 0.1) is 7.11 Å². The average Bonchev–Trinajstić information content (AvgIpc) is 2.74. The maximum atomic E-state index is 12.0. The van der Waals surface area contributed by atoms with Crippen molar-refractivity contribution in [2.24, 2.45) is 7.05 Å². The number of nitrogens with zero attached hydrogens (tertiary/aromatic N) is 1. The minimum Gasteiger partial charge on any atom is -0.480 e. The van der Waals surface area contributed by atoms with Crippen LogP contribution in [0.3, 0.4) is 0 Å². The second-order valence-electron chi connectivity index (χ2n) is 4.40. The van der Waals surface area contributed by atoms with Gasteiger partial charge in [-0.2, -0.15) is 0 Å². The highest BCUT2D eigenvalue weighted by Crippen LogP contribution is 2.07. The second kappa shape index (κ2) is 6.74. The number of aliphatic carboxylic acids is 1. The smallest absolute Gasteiger partial charge is 0.326 e. The van der Waals surface area contributed by atoms with Crippen molar-refractivity contribution in [3.8, 4) is 0 Å². The number of ether oxygens (including phenoxy) is 1. The molecular weight excluding hydrogens is 264 g/mol. The van der Waals surface area contributed by atoms with Crippen molar-refractivity contribution >= 4 is 17.8 Å². The van der Waals surface area contributed by atoms with Gasteiger partial charge in [-0.25, -0.2) is 4.79 Å². The normalized spacial score (nSPS) is 11.8. The van der Waals surface area contributed by atoms with E-state index in [1.807, 2.05) is 6.92 Å². The third-order valence-electron chi connectivity index (χ3n) is 3.07. The van der Waals surface area contributed by atoms with Gasteiger partial charge < -0.3 is 19.7 Å². The first-order valence-electron chi connectivity index (χ1n) is 6.09. The van der Waals surface area contributed by atoms with Crippen LogP contribution in [0.4, 0.5) is 0 Å². The van der Waals surface area contributed by atoms with E-state index in [4.69, 9.17) is 5.11 Å². The first-order chi connectivity index (χ1) is 9.36. The Morgan fingerprint density at radius 1 is 1.40 bits per heavy atom. The molecule has 1 unspecified atom stereocenters. The topological polar surface area (TPSA) is 97.6 Å². The fourth-order valence-corrected chi connectivity index (χ4v) is 1.69. The highest BCUT2D eigenvalue weighted by atomic mass is 16.5. The number of aryl methyl sites for hydroxylation is 1. The van der Waals surface area contributed by atoms with Crippen LogP contribution >= 0.6 is 0 Å². The van der Waals surface area contributed by atoms with Crippen LogP contribution < -0.4 is 5.32 Å². The summed E-state index contributed by atoms with van der Waals surface area (Å²) >= 11 is 0. The van der Waals surface area contributed by atoms with Gasteiger partial charge in [-0.1, -0.05) is 0 Å². The average molecular weight is 282 g/mol. The third-order valence-corrected chi connectivity index (χ3v) is 3.07. The van der Waals surface area contributed by atoms with Gasteiger partial charge in [0.1, 0.15) is 11.7 Å². The molecule has 0 saturated heterocycles. The molecule has 1 aromatic rings. The van der Waals surface area contributed by atoms with Crippen molar-refractivity contribution in [3.05, 3.63) is 23.5 Å². The van der Waals surface area contributed by atoms with Crippen LogP contribution in [0.15, 0.2) is 12.1 Å². The van der Waals surface area contributed by atoms with Gasteiger partial charge in [0, 0.05) is 19.2 Å². The predicted molar refractivity (Wildman–Crippen MR) is 70.3 cm³/mol. The molecule has 2 N–H and O–H groups in total. The van der Waals surface area contributed by atoms with Gasteiger partial charge in [0.25, 0.3) is 5.91 Å². The van der Waals surface area contributed by atoms with E-state index in [9.17, 15) is 14.4 Å². The number of carbonyl (C=O) groups excluding carboxylic acids is 2. The second-order valence-corrected chi connectivity index (χ2v) is 4.40. The SMILES string of the molecule is COC(=O)CCC(NC(=O)c1ccc(C)n1C)C(=O)O. The van der Waals surface area contributed by atoms with Crippen LogP contribution in [0, 0.1) is 6.92 Å². The lowest BCUT2D eigenvalue weighted by molar-refractivity contribution is -0.142. The molecule has 0 aliphatic rings. The summed E-state index contributed by atoms with van der Waals surface area (Å²) in [4.78, 5) is 34.1. The molecule has 0 bridgehead atoms. The zero-order chi connectivity index (χ0) is 15.3. The summed E-state index contributed by atoms with van der Waals surface area (Å²) in [5, 5.41) is 11.5. The van der Waals surface area contributed by atoms with E-state index in [1.54, 1.807) is 23.7 Å². The number of rotatable bonds is 6. The largest absolute Gasteiger partial charge is 0.480 e. The molecule has 0 aromatic carbocycles. The van der Waals surface area contributed by atoms with Crippen molar-refractivity contribution in [2.75, 3.05) is 7.11 Å². The van der Waals surface area contributed by atoms with Gasteiger partial charge in [-0.3, -0.25) is 9.59 Å². The number of aromatic nitrogens is 1. The van der Waals surface area contributed by atoms with E-state index in [0.717, 1.165) is 5.69 Å². The number of carboxylic acid groups (broad SMARTS) is 1. The molecule has 1 aromatic heterocycles. The van der Waals surface area contributed by atoms with E-state index in [1.165, 1.54) is 7.11 Å². The zero-order valence-electron chi connectivity index (χ0n) is 11.7. The van der Waals surface area contributed by atoms with E-state index in [-0.39, 0.29) is 12.8 Å². The number of carbonyl (C=O) groups is 3. The summed E-state index contributed by atoms with van der Waals surface area (Å²) in [7, 11) is 2.94. The van der Waals surface area contributed by atoms with Crippen molar-refractivity contribution in [1.29, 1.82) is 0 Å². The molecule has 0 saturated carbocycles. The zero-order valence-corrected chi connectivity index (χ0v) is 11.7. The van der Waals surface area contributed by atoms with Gasteiger partial charge in [0.2, 0.25) is 0 Å². The van der Waals surface area contributed by atoms with Gasteiger partial charge in [0.15, 0.2) is 0 Å². The lowest BCUT2D eigenvalue weighted by Gasteiger charge is -2.14. The first-order valence-corrected chi connectivity index (χ1v) is 6.09. The number of carboxylic acids is 1. The van der Waals surface area contributed by atoms with Gasteiger partial charge >= 0.3 is 11.9 Å². The first kappa shape index (κ1) is 15.7. The molecule has 110 valence electrons. The Labute approximate surface area is 116 Å².